The van der Waals surface area contributed by atoms with Crippen LogP contribution in [0.3, 0.4) is 0 Å². The Morgan fingerprint density at radius 2 is 1.79 bits per heavy atom. The van der Waals surface area contributed by atoms with Crippen molar-refractivity contribution in [3.63, 3.8) is 0 Å². The second-order valence-corrected chi connectivity index (χ2v) is 9.87. The normalized spacial score (nSPS) is 12.2. The van der Waals surface area contributed by atoms with Crippen molar-refractivity contribution in [2.75, 3.05) is 34.7 Å². The van der Waals surface area contributed by atoms with E-state index in [2.05, 4.69) is 5.10 Å². The predicted octanol–water partition coefficient (Wildman–Crippen LogP) is 1.86. The number of aromatic nitrogens is 2. The lowest BCUT2D eigenvalue weighted by Gasteiger charge is -2.12. The number of carboxylic acid groups (broad SMARTS) is 1. The summed E-state index contributed by atoms with van der Waals surface area (Å²) in [6.45, 7) is 1.25. The van der Waals surface area contributed by atoms with Crippen molar-refractivity contribution < 1.29 is 27.5 Å². The van der Waals surface area contributed by atoms with Crippen molar-refractivity contribution in [3.05, 3.63) is 58.7 Å². The van der Waals surface area contributed by atoms with Gasteiger partial charge in [0.05, 0.1) is 11.4 Å². The van der Waals surface area contributed by atoms with Crippen LogP contribution in [0.15, 0.2) is 41.1 Å². The van der Waals surface area contributed by atoms with E-state index in [1.165, 1.54) is 35.8 Å². The number of hydrogen-bond donors (Lipinski definition) is 2. The molecule has 33 heavy (non-hydrogen) atoms. The molecule has 0 aliphatic carbocycles. The van der Waals surface area contributed by atoms with Crippen LogP contribution < -0.4 is 5.32 Å². The molecule has 0 bridgehead atoms. The summed E-state index contributed by atoms with van der Waals surface area (Å²) in [4.78, 5) is 24.7. The molecule has 1 aromatic heterocycles. The summed E-state index contributed by atoms with van der Waals surface area (Å²) in [5.74, 6) is -0.960. The summed E-state index contributed by atoms with van der Waals surface area (Å²) >= 11 is 0. The molecule has 2 aromatic rings. The number of nitrogens with one attached hydrogen (secondary N) is 1. The Morgan fingerprint density at radius 3 is 2.30 bits per heavy atom. The minimum atomic E-state index is -3.56. The fraction of sp³-hybridized carbons (Fsp3) is 0.381. The molecule has 0 aliphatic rings. The second kappa shape index (κ2) is 10.6. The van der Waals surface area contributed by atoms with Gasteiger partial charge in [0.1, 0.15) is 5.83 Å². The molecule has 0 saturated carbocycles. The molecule has 0 aliphatic heterocycles. The summed E-state index contributed by atoms with van der Waals surface area (Å²) in [6.07, 6.45) is 0.112. The molecule has 0 atom stereocenters. The molecule has 0 spiro atoms. The van der Waals surface area contributed by atoms with Crippen molar-refractivity contribution in [1.82, 2.24) is 24.3 Å². The number of hydrogen-bond acceptors (Lipinski definition) is 5. The van der Waals surface area contributed by atoms with Crippen LogP contribution in [0.1, 0.15) is 27.3 Å². The molecule has 1 heterocycles. The zero-order valence-corrected chi connectivity index (χ0v) is 20.0. The van der Waals surface area contributed by atoms with E-state index in [0.717, 1.165) is 15.9 Å². The number of nitrogens with zero attached hydrogens (tertiary/aromatic N) is 4. The molecule has 2 N–H and O–H groups in total. The van der Waals surface area contributed by atoms with Gasteiger partial charge in [-0.25, -0.2) is 21.9 Å². The Bertz CT molecular complexity index is 1150. The van der Waals surface area contributed by atoms with Gasteiger partial charge < -0.3 is 15.3 Å². The molecule has 1 aromatic carbocycles. The third kappa shape index (κ3) is 6.39. The van der Waals surface area contributed by atoms with Gasteiger partial charge in [-0.1, -0.05) is 12.1 Å². The van der Waals surface area contributed by atoms with Crippen LogP contribution in [0.2, 0.25) is 0 Å². The van der Waals surface area contributed by atoms with Gasteiger partial charge >= 0.3 is 6.09 Å². The van der Waals surface area contributed by atoms with E-state index in [1.54, 1.807) is 33.2 Å². The molecular weight excluding hydrogens is 453 g/mol. The minimum absolute atomic E-state index is 0.149. The predicted molar refractivity (Wildman–Crippen MR) is 120 cm³/mol. The van der Waals surface area contributed by atoms with Gasteiger partial charge in [0, 0.05) is 52.4 Å². The first kappa shape index (κ1) is 26.0. The Kier molecular flexibility index (Phi) is 8.34. The highest BCUT2D eigenvalue weighted by atomic mass is 32.2. The average molecular weight is 482 g/mol. The first-order chi connectivity index (χ1) is 15.3. The molecule has 0 unspecified atom stereocenters. The van der Waals surface area contributed by atoms with E-state index in [4.69, 9.17) is 5.11 Å². The fourth-order valence-electron chi connectivity index (χ4n) is 2.98. The van der Waals surface area contributed by atoms with E-state index >= 15 is 0 Å². The highest BCUT2D eigenvalue weighted by molar-refractivity contribution is 7.89. The first-order valence-corrected chi connectivity index (χ1v) is 11.4. The van der Waals surface area contributed by atoms with Gasteiger partial charge in [0.2, 0.25) is 10.0 Å². The largest absolute Gasteiger partial charge is 0.465 e. The van der Waals surface area contributed by atoms with Crippen molar-refractivity contribution in [2.24, 2.45) is 0 Å². The van der Waals surface area contributed by atoms with Crippen molar-refractivity contribution >= 4 is 22.0 Å². The van der Waals surface area contributed by atoms with Crippen LogP contribution >= 0.6 is 0 Å². The molecule has 12 heteroatoms. The summed E-state index contributed by atoms with van der Waals surface area (Å²) in [7, 11) is 2.50. The zero-order valence-electron chi connectivity index (χ0n) is 19.2. The van der Waals surface area contributed by atoms with Crippen LogP contribution in [0.25, 0.3) is 0 Å². The summed E-state index contributed by atoms with van der Waals surface area (Å²) in [6, 6.07) is 6.32. The maximum Gasteiger partial charge on any atom is 0.404 e. The monoisotopic (exact) mass is 481 g/mol. The van der Waals surface area contributed by atoms with Gasteiger partial charge in [0.15, 0.2) is 5.69 Å². The van der Waals surface area contributed by atoms with E-state index < -0.39 is 21.9 Å². The van der Waals surface area contributed by atoms with E-state index in [9.17, 15) is 22.4 Å². The molecule has 0 saturated heterocycles. The van der Waals surface area contributed by atoms with Gasteiger partial charge in [-0.05, 0) is 30.7 Å². The molecule has 10 nitrogen and oxygen atoms in total. The average Bonchev–Trinajstić information content (AvgIpc) is 3.02. The van der Waals surface area contributed by atoms with E-state index in [1.807, 2.05) is 5.32 Å². The van der Waals surface area contributed by atoms with Gasteiger partial charge in [-0.15, -0.1) is 0 Å². The van der Waals surface area contributed by atoms with Crippen molar-refractivity contribution in [1.29, 1.82) is 0 Å². The third-order valence-corrected chi connectivity index (χ3v) is 6.73. The number of carbonyl (C=O) groups is 2. The molecule has 0 radical (unpaired) electrons. The first-order valence-electron chi connectivity index (χ1n) is 9.95. The van der Waals surface area contributed by atoms with Crippen LogP contribution in [0, 0.1) is 6.92 Å². The third-order valence-electron chi connectivity index (χ3n) is 4.90. The van der Waals surface area contributed by atoms with Crippen LogP contribution in [-0.2, 0) is 23.0 Å². The Labute approximate surface area is 192 Å². The molecular formula is C21H28FN5O5S. The number of carbonyl (C=O) groups excluding carboxylic acids is 1. The van der Waals surface area contributed by atoms with Gasteiger partial charge in [-0.3, -0.25) is 9.48 Å². The summed E-state index contributed by atoms with van der Waals surface area (Å²) < 4.78 is 41.3. The fourth-order valence-corrected chi connectivity index (χ4v) is 3.89. The standard InChI is InChI=1S/C21H28FN5O5S/c1-14-18(12-15-6-8-17(9-7-15)33(31,32)26(4)5)19(20(28)25(2)3)24-27(14)13-16(22)10-11-23-21(29)30/h6-10,23H,11-13H2,1-5H3,(H,29,30). The maximum absolute atomic E-state index is 14.3. The molecule has 2 amide bonds. The SMILES string of the molecule is Cc1c(Cc2ccc(S(=O)(=O)N(C)C)cc2)c(C(=O)N(C)C)nn1CC(F)=CCNC(=O)O. The van der Waals surface area contributed by atoms with Gasteiger partial charge in [0.25, 0.3) is 5.91 Å². The van der Waals surface area contributed by atoms with E-state index in [-0.39, 0.29) is 36.0 Å². The maximum atomic E-state index is 14.3. The number of halogens is 1. The molecule has 0 fully saturated rings. The number of allylic oxidation sites excluding steroid dienone is 1. The minimum Gasteiger partial charge on any atom is -0.465 e. The Balaban J connectivity index is 2.37. The summed E-state index contributed by atoms with van der Waals surface area (Å²) in [5.41, 5.74) is 2.08. The van der Waals surface area contributed by atoms with Crippen molar-refractivity contribution in [3.8, 4) is 0 Å². The smallest absolute Gasteiger partial charge is 0.404 e. The van der Waals surface area contributed by atoms with Gasteiger partial charge in [-0.2, -0.15) is 5.10 Å². The lowest BCUT2D eigenvalue weighted by Crippen LogP contribution is -2.23. The van der Waals surface area contributed by atoms with Crippen LogP contribution in [0.4, 0.5) is 9.18 Å². The highest BCUT2D eigenvalue weighted by Crippen LogP contribution is 2.22. The number of sulfonamides is 1. The topological polar surface area (TPSA) is 125 Å². The second-order valence-electron chi connectivity index (χ2n) is 7.71. The highest BCUT2D eigenvalue weighted by Gasteiger charge is 2.23. The van der Waals surface area contributed by atoms with Crippen LogP contribution in [-0.4, -0.2) is 79.2 Å². The van der Waals surface area contributed by atoms with Crippen LogP contribution in [0.5, 0.6) is 0 Å². The number of amides is 2. The Morgan fingerprint density at radius 1 is 1.18 bits per heavy atom. The Hall–Kier alpha value is -3.25. The lowest BCUT2D eigenvalue weighted by atomic mass is 10.0. The quantitative estimate of drug-likeness (QED) is 0.563. The number of rotatable bonds is 9. The zero-order chi connectivity index (χ0) is 24.9. The molecule has 180 valence electrons. The van der Waals surface area contributed by atoms with E-state index in [0.29, 0.717) is 11.3 Å². The van der Waals surface area contributed by atoms with Crippen molar-refractivity contribution in [2.45, 2.75) is 24.8 Å². The number of benzene rings is 1. The lowest BCUT2D eigenvalue weighted by molar-refractivity contribution is 0.0820. The molecule has 2 rings (SSSR count). The summed E-state index contributed by atoms with van der Waals surface area (Å²) in [5, 5.41) is 14.9.